The third kappa shape index (κ3) is 5.39. The van der Waals surface area contributed by atoms with Gasteiger partial charge in [0.05, 0.1) is 22.4 Å². The molecule has 1 fully saturated rings. The van der Waals surface area contributed by atoms with Crippen LogP contribution in [0, 0.1) is 5.92 Å². The molecule has 7 heteroatoms. The third-order valence-electron chi connectivity index (χ3n) is 6.35. The lowest BCUT2D eigenvalue weighted by atomic mass is 9.97. The highest BCUT2D eigenvalue weighted by Crippen LogP contribution is 2.31. The zero-order valence-corrected chi connectivity index (χ0v) is 19.7. The molecule has 0 aliphatic carbocycles. The molecule has 0 radical (unpaired) electrons. The number of hydrogen-bond donors (Lipinski definition) is 2. The normalized spacial score (nSPS) is 17.6. The zero-order chi connectivity index (χ0) is 23.3. The first kappa shape index (κ1) is 22.8. The second kappa shape index (κ2) is 10.5. The molecule has 5 rings (SSSR count). The lowest BCUT2D eigenvalue weighted by Gasteiger charge is -2.32. The van der Waals surface area contributed by atoms with Crippen LogP contribution in [-0.4, -0.2) is 43.3 Å². The summed E-state index contributed by atoms with van der Waals surface area (Å²) in [6.45, 7) is 3.42. The largest absolute Gasteiger partial charge is 0.299 e. The summed E-state index contributed by atoms with van der Waals surface area (Å²) >= 11 is -1.94. The molecule has 2 heterocycles. The average Bonchev–Trinajstić information content (AvgIpc) is 2.88. The van der Waals surface area contributed by atoms with Crippen molar-refractivity contribution >= 4 is 22.3 Å². The van der Waals surface area contributed by atoms with E-state index in [0.717, 1.165) is 66.0 Å². The van der Waals surface area contributed by atoms with Crippen LogP contribution in [0.2, 0.25) is 0 Å². The van der Waals surface area contributed by atoms with Crippen LogP contribution in [0.3, 0.4) is 0 Å². The molecule has 0 amide bonds. The number of nitrogens with zero attached hydrogens (tertiary/aromatic N) is 3. The molecule has 2 atom stereocenters. The molecule has 0 bridgehead atoms. The molecular formula is C27H28N4O2S. The van der Waals surface area contributed by atoms with Crippen LogP contribution in [0.5, 0.6) is 0 Å². The van der Waals surface area contributed by atoms with Gasteiger partial charge in [-0.3, -0.25) is 9.45 Å². The predicted octanol–water partition coefficient (Wildman–Crippen LogP) is 4.90. The summed E-state index contributed by atoms with van der Waals surface area (Å²) < 4.78 is 22.6. The highest BCUT2D eigenvalue weighted by atomic mass is 32.2. The number of aromatic nitrogens is 2. The van der Waals surface area contributed by atoms with Crippen molar-refractivity contribution in [1.29, 1.82) is 0 Å². The molecule has 174 valence electrons. The van der Waals surface area contributed by atoms with Crippen LogP contribution in [0.15, 0.2) is 78.9 Å². The quantitative estimate of drug-likeness (QED) is 0.374. The minimum absolute atomic E-state index is 0.394. The molecule has 2 unspecified atom stereocenters. The number of para-hydroxylation sites is 2. The Balaban J connectivity index is 1.38. The summed E-state index contributed by atoms with van der Waals surface area (Å²) in [6.07, 6.45) is 2.19. The first-order chi connectivity index (χ1) is 16.7. The van der Waals surface area contributed by atoms with Gasteiger partial charge in [0.2, 0.25) is 11.3 Å². The molecule has 2 N–H and O–H groups in total. The summed E-state index contributed by atoms with van der Waals surface area (Å²) in [5.74, 6) is 0.394. The fourth-order valence-electron chi connectivity index (χ4n) is 4.68. The number of piperidine rings is 1. The zero-order valence-electron chi connectivity index (χ0n) is 18.9. The SMILES string of the molecule is O=S(O)NCC1CCCN(Cc2ccc(-c3nc4ccccc4nc3-c3ccccc3)cc2)C1. The number of likely N-dealkylation sites (tertiary alicyclic amines) is 1. The standard InChI is InChI=1S/C27H28N4O2S/c32-34(33)28-17-21-7-6-16-31(19-21)18-20-12-14-23(15-13-20)27-26(22-8-2-1-3-9-22)29-24-10-4-5-11-25(24)30-27/h1-5,8-15,21,28H,6-7,16-19H2,(H,32,33). The van der Waals surface area contributed by atoms with Crippen molar-refractivity contribution in [2.24, 2.45) is 5.92 Å². The van der Waals surface area contributed by atoms with Crippen LogP contribution >= 0.6 is 0 Å². The van der Waals surface area contributed by atoms with Crippen molar-refractivity contribution < 1.29 is 8.76 Å². The van der Waals surface area contributed by atoms with Gasteiger partial charge in [0.25, 0.3) is 0 Å². The lowest BCUT2D eigenvalue weighted by molar-refractivity contribution is 0.169. The van der Waals surface area contributed by atoms with Crippen LogP contribution in [-0.2, 0) is 17.8 Å². The molecule has 0 spiro atoms. The highest BCUT2D eigenvalue weighted by Gasteiger charge is 2.20. The summed E-state index contributed by atoms with van der Waals surface area (Å²) in [6, 6.07) is 26.8. The van der Waals surface area contributed by atoms with Gasteiger partial charge in [-0.15, -0.1) is 0 Å². The van der Waals surface area contributed by atoms with Crippen LogP contribution in [0.4, 0.5) is 0 Å². The Morgan fingerprint density at radius 1 is 0.882 bits per heavy atom. The molecule has 4 aromatic rings. The second-order valence-corrected chi connectivity index (χ2v) is 9.60. The van der Waals surface area contributed by atoms with Gasteiger partial charge < -0.3 is 0 Å². The number of rotatable bonds is 7. The Morgan fingerprint density at radius 3 is 2.15 bits per heavy atom. The van der Waals surface area contributed by atoms with Gasteiger partial charge in [0.1, 0.15) is 0 Å². The van der Waals surface area contributed by atoms with E-state index >= 15 is 0 Å². The van der Waals surface area contributed by atoms with Crippen molar-refractivity contribution in [3.05, 3.63) is 84.4 Å². The Kier molecular flexibility index (Phi) is 7.06. The van der Waals surface area contributed by atoms with Crippen molar-refractivity contribution in [1.82, 2.24) is 19.6 Å². The van der Waals surface area contributed by atoms with Crippen molar-refractivity contribution in [3.63, 3.8) is 0 Å². The monoisotopic (exact) mass is 472 g/mol. The molecule has 6 nitrogen and oxygen atoms in total. The second-order valence-electron chi connectivity index (χ2n) is 8.81. The van der Waals surface area contributed by atoms with Gasteiger partial charge in [-0.25, -0.2) is 18.9 Å². The molecular weight excluding hydrogens is 444 g/mol. The van der Waals surface area contributed by atoms with Gasteiger partial charge in [-0.2, -0.15) is 0 Å². The van der Waals surface area contributed by atoms with Crippen molar-refractivity contribution in [3.8, 4) is 22.5 Å². The Morgan fingerprint density at radius 2 is 1.50 bits per heavy atom. The van der Waals surface area contributed by atoms with E-state index in [1.165, 1.54) is 5.56 Å². The molecule has 3 aromatic carbocycles. The van der Waals surface area contributed by atoms with Gasteiger partial charge >= 0.3 is 0 Å². The first-order valence-electron chi connectivity index (χ1n) is 11.6. The smallest absolute Gasteiger partial charge is 0.231 e. The number of hydrogen-bond acceptors (Lipinski definition) is 4. The maximum Gasteiger partial charge on any atom is 0.231 e. The summed E-state index contributed by atoms with van der Waals surface area (Å²) in [7, 11) is 0. The van der Waals surface area contributed by atoms with Crippen LogP contribution < -0.4 is 4.72 Å². The van der Waals surface area contributed by atoms with Crippen LogP contribution in [0.25, 0.3) is 33.5 Å². The van der Waals surface area contributed by atoms with Crippen molar-refractivity contribution in [2.75, 3.05) is 19.6 Å². The van der Waals surface area contributed by atoms with E-state index in [4.69, 9.17) is 14.5 Å². The fraction of sp³-hybridized carbons (Fsp3) is 0.259. The van der Waals surface area contributed by atoms with Crippen LogP contribution in [0.1, 0.15) is 18.4 Å². The molecule has 1 saturated heterocycles. The number of fused-ring (bicyclic) bond motifs is 1. The first-order valence-corrected chi connectivity index (χ1v) is 12.7. The lowest BCUT2D eigenvalue weighted by Crippen LogP contribution is -2.39. The predicted molar refractivity (Wildman–Crippen MR) is 137 cm³/mol. The Bertz CT molecular complexity index is 1280. The molecule has 1 aliphatic rings. The van der Waals surface area contributed by atoms with Gasteiger partial charge in [0, 0.05) is 30.8 Å². The Labute approximate surface area is 202 Å². The van der Waals surface area contributed by atoms with E-state index in [9.17, 15) is 4.21 Å². The van der Waals surface area contributed by atoms with E-state index in [1.54, 1.807) is 0 Å². The van der Waals surface area contributed by atoms with Crippen molar-refractivity contribution in [2.45, 2.75) is 19.4 Å². The minimum Gasteiger partial charge on any atom is -0.299 e. The van der Waals surface area contributed by atoms with Gasteiger partial charge in [0.15, 0.2) is 0 Å². The molecule has 34 heavy (non-hydrogen) atoms. The highest BCUT2D eigenvalue weighted by molar-refractivity contribution is 7.77. The fourth-order valence-corrected chi connectivity index (χ4v) is 5.05. The maximum atomic E-state index is 10.9. The van der Waals surface area contributed by atoms with E-state index in [0.29, 0.717) is 12.5 Å². The summed E-state index contributed by atoms with van der Waals surface area (Å²) in [5, 5.41) is 0. The topological polar surface area (TPSA) is 78.4 Å². The minimum atomic E-state index is -1.94. The Hall–Kier alpha value is -2.97. The van der Waals surface area contributed by atoms with E-state index in [1.807, 2.05) is 42.5 Å². The molecule has 1 aliphatic heterocycles. The van der Waals surface area contributed by atoms with E-state index < -0.39 is 11.3 Å². The summed E-state index contributed by atoms with van der Waals surface area (Å²) in [5.41, 5.74) is 6.90. The number of nitrogens with one attached hydrogen (secondary N) is 1. The third-order valence-corrected chi connectivity index (χ3v) is 6.76. The summed E-state index contributed by atoms with van der Waals surface area (Å²) in [4.78, 5) is 12.4. The van der Waals surface area contributed by atoms with E-state index in [2.05, 4.69) is 46.0 Å². The maximum absolute atomic E-state index is 10.9. The average molecular weight is 473 g/mol. The van der Waals surface area contributed by atoms with E-state index in [-0.39, 0.29) is 0 Å². The molecule has 1 aromatic heterocycles. The molecule has 0 saturated carbocycles. The number of benzene rings is 3. The van der Waals surface area contributed by atoms with Gasteiger partial charge in [-0.05, 0) is 43.0 Å². The van der Waals surface area contributed by atoms with Gasteiger partial charge in [-0.1, -0.05) is 66.7 Å².